The van der Waals surface area contributed by atoms with Gasteiger partial charge in [0.05, 0.1) is 12.6 Å². The third kappa shape index (κ3) is 4.32. The summed E-state index contributed by atoms with van der Waals surface area (Å²) >= 11 is 0. The Labute approximate surface area is 177 Å². The van der Waals surface area contributed by atoms with Crippen molar-refractivity contribution in [2.24, 2.45) is 0 Å². The molecule has 0 aliphatic carbocycles. The van der Waals surface area contributed by atoms with Gasteiger partial charge in [-0.2, -0.15) is 0 Å². The summed E-state index contributed by atoms with van der Waals surface area (Å²) in [4.78, 5) is 48.3. The molecule has 4 aromatic rings. The van der Waals surface area contributed by atoms with E-state index in [0.29, 0.717) is 44.6 Å². The lowest BCUT2D eigenvalue weighted by atomic mass is 10.1. The van der Waals surface area contributed by atoms with Crippen molar-refractivity contribution < 1.29 is 15.8 Å². The molecule has 0 saturated heterocycles. The van der Waals surface area contributed by atoms with Gasteiger partial charge in [-0.15, -0.1) is 0 Å². The number of H-pyrrole nitrogens is 1. The van der Waals surface area contributed by atoms with E-state index in [-0.39, 0.29) is 24.4 Å². The standard InChI is InChI=1S/C11H11N3O2.C10H9N3O2.H2/c1-6(15)8-5-13-11(12)10-7(8)3-4-9(14-10)16-2;1-5(14)7-4-12-10(11)9-6(7)2-3-8(15)13-9;/h3-5H,1-2H3,(H2,12,13);2-4H,1H3,(H2,11,12)(H,13,15);1H/i;;1+1. The number of methoxy groups -OCH3 is 1. The van der Waals surface area contributed by atoms with E-state index in [1.54, 1.807) is 18.2 Å². The van der Waals surface area contributed by atoms with Crippen molar-refractivity contribution in [1.29, 1.82) is 0 Å². The number of nitrogens with one attached hydrogen (secondary N) is 1. The second-order valence-corrected chi connectivity index (χ2v) is 6.59. The molecular formula is C21H22N6O4. The molecule has 0 atom stereocenters. The molecule has 4 heterocycles. The van der Waals surface area contributed by atoms with E-state index in [2.05, 4.69) is 19.9 Å². The highest BCUT2D eigenvalue weighted by Crippen LogP contribution is 2.24. The summed E-state index contributed by atoms with van der Waals surface area (Å²) in [7, 11) is 1.52. The minimum Gasteiger partial charge on any atom is -0.481 e. The fourth-order valence-corrected chi connectivity index (χ4v) is 2.96. The Morgan fingerprint density at radius 1 is 0.935 bits per heavy atom. The Morgan fingerprint density at radius 2 is 1.52 bits per heavy atom. The van der Waals surface area contributed by atoms with Crippen LogP contribution >= 0.6 is 0 Å². The number of hydrogen-bond acceptors (Lipinski definition) is 9. The van der Waals surface area contributed by atoms with Crippen LogP contribution in [0.3, 0.4) is 0 Å². The molecule has 0 radical (unpaired) electrons. The predicted molar refractivity (Wildman–Crippen MR) is 119 cm³/mol. The molecule has 4 rings (SSSR count). The Hall–Kier alpha value is -4.34. The van der Waals surface area contributed by atoms with Crippen LogP contribution in [0.15, 0.2) is 41.5 Å². The summed E-state index contributed by atoms with van der Waals surface area (Å²) in [6.07, 6.45) is 2.88. The quantitative estimate of drug-likeness (QED) is 0.419. The van der Waals surface area contributed by atoms with Gasteiger partial charge in [0.15, 0.2) is 11.6 Å². The highest BCUT2D eigenvalue weighted by atomic mass is 16.5. The number of Topliss-reactive ketones (excluding diaryl/α,β-unsaturated/α-hetero) is 2. The smallest absolute Gasteiger partial charge is 0.248 e. The molecule has 0 fully saturated rings. The van der Waals surface area contributed by atoms with E-state index in [1.165, 1.54) is 39.4 Å². The van der Waals surface area contributed by atoms with Gasteiger partial charge in [-0.25, -0.2) is 15.0 Å². The van der Waals surface area contributed by atoms with Gasteiger partial charge in [0.25, 0.3) is 0 Å². The van der Waals surface area contributed by atoms with Crippen molar-refractivity contribution >= 4 is 45.0 Å². The lowest BCUT2D eigenvalue weighted by Crippen LogP contribution is -2.07. The van der Waals surface area contributed by atoms with Crippen molar-refractivity contribution in [3.8, 4) is 5.88 Å². The highest BCUT2D eigenvalue weighted by Gasteiger charge is 2.11. The van der Waals surface area contributed by atoms with Crippen molar-refractivity contribution in [2.75, 3.05) is 18.6 Å². The fourth-order valence-electron chi connectivity index (χ4n) is 2.96. The monoisotopic (exact) mass is 423 g/mol. The first-order chi connectivity index (χ1) is 14.7. The lowest BCUT2D eigenvalue weighted by molar-refractivity contribution is 0.101. The molecule has 0 aliphatic heterocycles. The van der Waals surface area contributed by atoms with Gasteiger partial charge in [-0.3, -0.25) is 14.4 Å². The maximum atomic E-state index is 11.4. The van der Waals surface area contributed by atoms with Gasteiger partial charge in [0, 0.05) is 47.9 Å². The van der Waals surface area contributed by atoms with Crippen LogP contribution in [0.5, 0.6) is 5.88 Å². The summed E-state index contributed by atoms with van der Waals surface area (Å²) < 4.78 is 5.00. The van der Waals surface area contributed by atoms with Gasteiger partial charge in [-0.05, 0) is 26.0 Å². The van der Waals surface area contributed by atoms with Crippen LogP contribution in [0.25, 0.3) is 21.8 Å². The number of nitrogens with two attached hydrogens (primary N) is 2. The first kappa shape index (κ1) is 21.4. The third-order valence-electron chi connectivity index (χ3n) is 4.50. The van der Waals surface area contributed by atoms with Gasteiger partial charge in [-0.1, -0.05) is 0 Å². The van der Waals surface area contributed by atoms with Gasteiger partial charge in [0.2, 0.25) is 11.4 Å². The second-order valence-electron chi connectivity index (χ2n) is 6.59. The molecule has 0 saturated carbocycles. The molecule has 0 aliphatic rings. The number of ether oxygens (including phenoxy) is 1. The zero-order valence-corrected chi connectivity index (χ0v) is 17.1. The number of carbonyl (C=O) groups is 2. The van der Waals surface area contributed by atoms with Crippen LogP contribution in [0, 0.1) is 0 Å². The van der Waals surface area contributed by atoms with E-state index in [4.69, 9.17) is 16.2 Å². The molecule has 0 bridgehead atoms. The average Bonchev–Trinajstić information content (AvgIpc) is 2.74. The number of nitrogens with zero attached hydrogens (tertiary/aromatic N) is 3. The van der Waals surface area contributed by atoms with Crippen LogP contribution in [-0.2, 0) is 0 Å². The summed E-state index contributed by atoms with van der Waals surface area (Å²) in [6.45, 7) is 2.93. The molecule has 160 valence electrons. The number of hydrogen-bond donors (Lipinski definition) is 3. The molecule has 0 aromatic carbocycles. The summed E-state index contributed by atoms with van der Waals surface area (Å²) in [5, 5.41) is 1.32. The molecule has 0 spiro atoms. The number of rotatable bonds is 3. The predicted octanol–water partition coefficient (Wildman–Crippen LogP) is 2.38. The van der Waals surface area contributed by atoms with Gasteiger partial charge in [0.1, 0.15) is 17.2 Å². The van der Waals surface area contributed by atoms with E-state index < -0.39 is 0 Å². The number of aromatic nitrogens is 4. The zero-order chi connectivity index (χ0) is 22.7. The first-order valence-electron chi connectivity index (χ1n) is 9.11. The number of ketones is 2. The summed E-state index contributed by atoms with van der Waals surface area (Å²) in [5.74, 6) is 0.775. The number of aromatic amines is 1. The van der Waals surface area contributed by atoms with Crippen LogP contribution in [0.2, 0.25) is 0 Å². The van der Waals surface area contributed by atoms with Crippen LogP contribution in [0.1, 0.15) is 36.0 Å². The van der Waals surface area contributed by atoms with E-state index in [0.717, 1.165) is 0 Å². The van der Waals surface area contributed by atoms with Crippen LogP contribution in [0.4, 0.5) is 11.6 Å². The number of pyridine rings is 4. The number of fused-ring (bicyclic) bond motifs is 2. The molecule has 0 unspecified atom stereocenters. The number of anilines is 2. The minimum atomic E-state index is -0.267. The Bertz CT molecular complexity index is 1390. The Morgan fingerprint density at radius 3 is 2.13 bits per heavy atom. The number of carbonyl (C=O) groups excluding carboxylic acids is 2. The highest BCUT2D eigenvalue weighted by molar-refractivity contribution is 6.08. The molecular weight excluding hydrogens is 400 g/mol. The van der Waals surface area contributed by atoms with E-state index in [9.17, 15) is 14.4 Å². The van der Waals surface area contributed by atoms with E-state index >= 15 is 0 Å². The molecule has 5 N–H and O–H groups in total. The molecule has 31 heavy (non-hydrogen) atoms. The molecule has 10 heteroatoms. The zero-order valence-electron chi connectivity index (χ0n) is 17.1. The summed E-state index contributed by atoms with van der Waals surface area (Å²) in [5.41, 5.74) is 12.9. The lowest BCUT2D eigenvalue weighted by Gasteiger charge is -2.06. The second kappa shape index (κ2) is 8.57. The maximum Gasteiger partial charge on any atom is 0.248 e. The van der Waals surface area contributed by atoms with Gasteiger partial charge >= 0.3 is 0 Å². The van der Waals surface area contributed by atoms with Crippen molar-refractivity contribution in [1.82, 2.24) is 19.9 Å². The normalized spacial score (nSPS) is 10.4. The van der Waals surface area contributed by atoms with Crippen LogP contribution in [-0.4, -0.2) is 38.6 Å². The Balaban J connectivity index is 0.000000220. The topological polar surface area (TPSA) is 167 Å². The largest absolute Gasteiger partial charge is 0.481 e. The minimum absolute atomic E-state index is 0. The Kier molecular flexibility index (Phi) is 5.91. The third-order valence-corrected chi connectivity index (χ3v) is 4.50. The first-order valence-corrected chi connectivity index (χ1v) is 9.11. The van der Waals surface area contributed by atoms with Crippen LogP contribution < -0.4 is 21.8 Å². The SMILES string of the molecule is CC(=O)c1cnc(N)c2[nH]c(=O)ccc12.COc1ccc2c(C(C)=O)cnc(N)c2n1.[2HH]. The fraction of sp³-hybridized carbons (Fsp3) is 0.143. The molecule has 4 aromatic heterocycles. The van der Waals surface area contributed by atoms with Gasteiger partial charge < -0.3 is 21.2 Å². The van der Waals surface area contributed by atoms with E-state index in [1.807, 2.05) is 0 Å². The van der Waals surface area contributed by atoms with Crippen molar-refractivity contribution in [3.05, 3.63) is 58.1 Å². The number of nitrogen functional groups attached to an aromatic ring is 2. The molecule has 10 nitrogen and oxygen atoms in total. The summed E-state index contributed by atoms with van der Waals surface area (Å²) in [6, 6.07) is 6.38. The maximum absolute atomic E-state index is 11.4. The molecule has 0 amide bonds. The van der Waals surface area contributed by atoms with Crippen molar-refractivity contribution in [2.45, 2.75) is 13.8 Å². The average molecular weight is 423 g/mol. The van der Waals surface area contributed by atoms with Crippen molar-refractivity contribution in [3.63, 3.8) is 0 Å².